The maximum absolute atomic E-state index is 13.2. The minimum Gasteiger partial charge on any atom is -0.475 e. The molecule has 2 heterocycles. The van der Waals surface area contributed by atoms with Crippen LogP contribution in [0.25, 0.3) is 0 Å². The van der Waals surface area contributed by atoms with Crippen LogP contribution < -0.4 is 15.2 Å². The van der Waals surface area contributed by atoms with Gasteiger partial charge in [-0.2, -0.15) is 18.3 Å². The number of carbonyl (C=O) groups is 1. The average molecular weight is 513 g/mol. The number of rotatable bonds is 4. The normalized spacial score (nSPS) is 20.6. The molecule has 2 aromatic rings. The Kier molecular flexibility index (Phi) is 6.04. The first-order valence-electron chi connectivity index (χ1n) is 11.5. The summed E-state index contributed by atoms with van der Waals surface area (Å²) in [5.74, 6) is 0.0483. The fraction of sp³-hybridized carbons (Fsp3) is 0.545. The fourth-order valence-corrected chi connectivity index (χ4v) is 6.21. The molecule has 13 heteroatoms. The van der Waals surface area contributed by atoms with Gasteiger partial charge in [-0.15, -0.1) is 4.36 Å². The lowest BCUT2D eigenvalue weighted by atomic mass is 9.99. The molecular formula is C22H27F3N6O3S. The van der Waals surface area contributed by atoms with Gasteiger partial charge < -0.3 is 10.1 Å². The summed E-state index contributed by atoms with van der Waals surface area (Å²) in [5, 5.41) is 12.9. The number of alkyl halides is 3. The van der Waals surface area contributed by atoms with Crippen molar-refractivity contribution in [1.82, 2.24) is 14.7 Å². The summed E-state index contributed by atoms with van der Waals surface area (Å²) >= 11 is 0. The van der Waals surface area contributed by atoms with Gasteiger partial charge >= 0.3 is 12.2 Å². The molecule has 0 spiro atoms. The Morgan fingerprint density at radius 3 is 2.57 bits per heavy atom. The lowest BCUT2D eigenvalue weighted by molar-refractivity contribution is -0.150. The van der Waals surface area contributed by atoms with Crippen molar-refractivity contribution >= 4 is 21.6 Å². The Morgan fingerprint density at radius 1 is 1.29 bits per heavy atom. The standard InChI is InChI=1S/C22H27F3N6O3S/c1-30(12-22(23,24)25)15-10-31-20(34-11-15)18(9-27-31)35(26,33)29-21(32)28-19-16-6-2-4-13(16)8-14-5-3-7-17(14)19/h8-9,15H,2-7,10-12H2,1H3,(H3,26,28,29,32,33)/t15-,35-/m0/s1. The molecule has 0 radical (unpaired) electrons. The van der Waals surface area contributed by atoms with E-state index in [0.29, 0.717) is 0 Å². The van der Waals surface area contributed by atoms with Crippen molar-refractivity contribution in [3.05, 3.63) is 34.5 Å². The molecule has 1 aromatic carbocycles. The van der Waals surface area contributed by atoms with Crippen molar-refractivity contribution in [2.24, 2.45) is 9.50 Å². The van der Waals surface area contributed by atoms with Crippen molar-refractivity contribution < 1.29 is 26.9 Å². The summed E-state index contributed by atoms with van der Waals surface area (Å²) in [5.41, 5.74) is 5.45. The van der Waals surface area contributed by atoms with Crippen LogP contribution >= 0.6 is 0 Å². The molecule has 9 nitrogen and oxygen atoms in total. The maximum Gasteiger partial charge on any atom is 0.401 e. The van der Waals surface area contributed by atoms with Crippen LogP contribution in [0.4, 0.5) is 23.7 Å². The predicted molar refractivity (Wildman–Crippen MR) is 123 cm³/mol. The zero-order valence-corrected chi connectivity index (χ0v) is 20.0. The summed E-state index contributed by atoms with van der Waals surface area (Å²) in [6.45, 7) is -1.08. The number of nitrogens with one attached hydrogen (secondary N) is 1. The van der Waals surface area contributed by atoms with E-state index >= 15 is 0 Å². The van der Waals surface area contributed by atoms with Gasteiger partial charge in [-0.05, 0) is 67.8 Å². The van der Waals surface area contributed by atoms with Crippen LogP contribution in [-0.2, 0) is 42.1 Å². The van der Waals surface area contributed by atoms with Gasteiger partial charge in [0.25, 0.3) is 0 Å². The number of fused-ring (bicyclic) bond motifs is 3. The first-order valence-corrected chi connectivity index (χ1v) is 13.1. The molecule has 0 fully saturated rings. The van der Waals surface area contributed by atoms with E-state index in [1.54, 1.807) is 0 Å². The molecule has 1 aliphatic heterocycles. The van der Waals surface area contributed by atoms with Gasteiger partial charge in [0, 0.05) is 5.69 Å². The second-order valence-corrected chi connectivity index (χ2v) is 11.1. The molecular weight excluding hydrogens is 485 g/mol. The molecule has 2 aliphatic carbocycles. The van der Waals surface area contributed by atoms with Crippen LogP contribution in [0, 0.1) is 0 Å². The fourth-order valence-electron chi connectivity index (χ4n) is 5.21. The molecule has 190 valence electrons. The SMILES string of the molecule is CN(CC(F)(F)F)[C@@H]1COc2c([S@@](N)(=O)=NC(=O)Nc3c4c(cc5c3CCC5)CCC4)cnn2C1. The van der Waals surface area contributed by atoms with Crippen LogP contribution in [0.15, 0.2) is 21.5 Å². The van der Waals surface area contributed by atoms with E-state index in [2.05, 4.69) is 20.8 Å². The number of amides is 2. The number of urea groups is 1. The third kappa shape index (κ3) is 4.76. The Labute approximate surface area is 201 Å². The molecule has 1 aromatic heterocycles. The molecule has 0 unspecified atom stereocenters. The molecule has 0 bridgehead atoms. The van der Waals surface area contributed by atoms with E-state index in [-0.39, 0.29) is 23.9 Å². The van der Waals surface area contributed by atoms with Gasteiger partial charge in [-0.3, -0.25) is 4.90 Å². The molecule has 2 amide bonds. The van der Waals surface area contributed by atoms with Crippen molar-refractivity contribution in [3.8, 4) is 5.88 Å². The number of nitrogens with zero attached hydrogens (tertiary/aromatic N) is 4. The number of aromatic nitrogens is 2. The number of benzene rings is 1. The zero-order chi connectivity index (χ0) is 25.0. The lowest BCUT2D eigenvalue weighted by Crippen LogP contribution is -2.46. The summed E-state index contributed by atoms with van der Waals surface area (Å²) in [6.07, 6.45) is 2.55. The van der Waals surface area contributed by atoms with Crippen LogP contribution in [0.1, 0.15) is 35.1 Å². The van der Waals surface area contributed by atoms with Gasteiger partial charge in [-0.1, -0.05) is 6.07 Å². The number of likely N-dealkylation sites (N-methyl/N-ethyl adjacent to an activating group) is 1. The third-order valence-corrected chi connectivity index (χ3v) is 8.19. The Bertz CT molecular complexity index is 1270. The van der Waals surface area contributed by atoms with E-state index in [0.717, 1.165) is 60.2 Å². The molecule has 2 atom stereocenters. The minimum absolute atomic E-state index is 0.0483. The first-order chi connectivity index (χ1) is 16.5. The van der Waals surface area contributed by atoms with Crippen molar-refractivity contribution in [2.75, 3.05) is 25.5 Å². The van der Waals surface area contributed by atoms with Gasteiger partial charge in [-0.25, -0.2) is 18.8 Å². The number of hydrogen-bond donors (Lipinski definition) is 2. The molecule has 0 saturated heterocycles. The van der Waals surface area contributed by atoms with Gasteiger partial charge in [0.05, 0.1) is 25.3 Å². The Balaban J connectivity index is 1.37. The minimum atomic E-state index is -4.35. The maximum atomic E-state index is 13.2. The third-order valence-electron chi connectivity index (χ3n) is 6.85. The number of aryl methyl sites for hydroxylation is 2. The van der Waals surface area contributed by atoms with Crippen LogP contribution in [0.2, 0.25) is 0 Å². The highest BCUT2D eigenvalue weighted by Gasteiger charge is 2.35. The number of ether oxygens (including phenoxy) is 1. The van der Waals surface area contributed by atoms with E-state index in [4.69, 9.17) is 9.88 Å². The summed E-state index contributed by atoms with van der Waals surface area (Å²) in [6, 6.07) is 0.832. The van der Waals surface area contributed by atoms with Crippen LogP contribution in [0.3, 0.4) is 0 Å². The van der Waals surface area contributed by atoms with Gasteiger partial charge in [0.15, 0.2) is 9.92 Å². The quantitative estimate of drug-likeness (QED) is 0.654. The second-order valence-electron chi connectivity index (χ2n) is 9.32. The monoisotopic (exact) mass is 512 g/mol. The number of anilines is 1. The summed E-state index contributed by atoms with van der Waals surface area (Å²) < 4.78 is 62.1. The van der Waals surface area contributed by atoms with Gasteiger partial charge in [0.1, 0.15) is 11.5 Å². The Hall–Kier alpha value is -2.64. The molecule has 5 rings (SSSR count). The van der Waals surface area contributed by atoms with E-state index in [9.17, 15) is 22.2 Å². The van der Waals surface area contributed by atoms with Crippen molar-refractivity contribution in [1.29, 1.82) is 0 Å². The van der Waals surface area contributed by atoms with Crippen molar-refractivity contribution in [2.45, 2.75) is 62.2 Å². The lowest BCUT2D eigenvalue weighted by Gasteiger charge is -2.32. The van der Waals surface area contributed by atoms with E-state index in [1.807, 2.05) is 0 Å². The summed E-state index contributed by atoms with van der Waals surface area (Å²) in [7, 11) is -2.36. The first kappa shape index (κ1) is 24.1. The smallest absolute Gasteiger partial charge is 0.401 e. The van der Waals surface area contributed by atoms with E-state index in [1.165, 1.54) is 29.1 Å². The van der Waals surface area contributed by atoms with Crippen molar-refractivity contribution in [3.63, 3.8) is 0 Å². The molecule has 3 aliphatic rings. The summed E-state index contributed by atoms with van der Waals surface area (Å²) in [4.78, 5) is 13.9. The Morgan fingerprint density at radius 2 is 1.94 bits per heavy atom. The predicted octanol–water partition coefficient (Wildman–Crippen LogP) is 3.05. The number of carbonyl (C=O) groups excluding carboxylic acids is 1. The average Bonchev–Trinajstić information content (AvgIpc) is 3.50. The second kappa shape index (κ2) is 8.79. The number of halogens is 3. The van der Waals surface area contributed by atoms with Crippen LogP contribution in [0.5, 0.6) is 5.88 Å². The van der Waals surface area contributed by atoms with Gasteiger partial charge in [0.2, 0.25) is 5.88 Å². The highest BCUT2D eigenvalue weighted by atomic mass is 32.2. The molecule has 3 N–H and O–H groups in total. The highest BCUT2D eigenvalue weighted by molar-refractivity contribution is 7.91. The highest BCUT2D eigenvalue weighted by Crippen LogP contribution is 2.39. The zero-order valence-electron chi connectivity index (χ0n) is 19.2. The topological polar surface area (TPSA) is 115 Å². The largest absolute Gasteiger partial charge is 0.475 e. The van der Waals surface area contributed by atoms with Crippen LogP contribution in [-0.4, -0.2) is 57.3 Å². The molecule has 0 saturated carbocycles. The molecule has 35 heavy (non-hydrogen) atoms. The van der Waals surface area contributed by atoms with E-state index < -0.39 is 34.7 Å². The number of hydrogen-bond acceptors (Lipinski definition) is 5. The number of nitrogens with two attached hydrogens (primary N) is 1.